The Hall–Kier alpha value is -2.23. The fraction of sp³-hybridized carbons (Fsp3) is 0.154. The van der Waals surface area contributed by atoms with E-state index < -0.39 is 0 Å². The van der Waals surface area contributed by atoms with Crippen LogP contribution in [-0.4, -0.2) is 22.4 Å². The van der Waals surface area contributed by atoms with Gasteiger partial charge in [0.25, 0.3) is 0 Å². The highest BCUT2D eigenvalue weighted by atomic mass is 16.5. The number of nitrogens with zero attached hydrogens (tertiary/aromatic N) is 2. The highest BCUT2D eigenvalue weighted by molar-refractivity contribution is 6.08. The molecule has 86 valence electrons. The van der Waals surface area contributed by atoms with Crippen LogP contribution in [0.3, 0.4) is 0 Å². The zero-order valence-corrected chi connectivity index (χ0v) is 9.46. The first-order valence-corrected chi connectivity index (χ1v) is 5.34. The second-order valence-electron chi connectivity index (χ2n) is 3.41. The molecule has 2 aromatic rings. The lowest BCUT2D eigenvalue weighted by Gasteiger charge is -2.04. The first-order valence-electron chi connectivity index (χ1n) is 5.34. The number of carbonyl (C=O) groups excluding carboxylic acids is 1. The van der Waals surface area contributed by atoms with E-state index in [1.807, 2.05) is 6.92 Å². The molecule has 0 amide bonds. The third-order valence-corrected chi connectivity index (χ3v) is 2.21. The molecular weight excluding hydrogens is 216 g/mol. The Morgan fingerprint density at radius 1 is 1.24 bits per heavy atom. The summed E-state index contributed by atoms with van der Waals surface area (Å²) < 4.78 is 5.30. The van der Waals surface area contributed by atoms with E-state index in [2.05, 4.69) is 9.97 Å². The summed E-state index contributed by atoms with van der Waals surface area (Å²) in [6.45, 7) is 2.43. The molecule has 0 fully saturated rings. The number of ether oxygens (including phenoxy) is 1. The Labute approximate surface area is 99.3 Å². The van der Waals surface area contributed by atoms with Crippen molar-refractivity contribution in [2.75, 3.05) is 6.61 Å². The van der Waals surface area contributed by atoms with Gasteiger partial charge in [-0.15, -0.1) is 0 Å². The molecule has 2 heterocycles. The van der Waals surface area contributed by atoms with Gasteiger partial charge in [-0.25, -0.2) is 0 Å². The molecule has 4 heteroatoms. The average molecular weight is 228 g/mol. The molecule has 0 radical (unpaired) electrons. The lowest BCUT2D eigenvalue weighted by Crippen LogP contribution is -2.03. The van der Waals surface area contributed by atoms with Crippen LogP contribution < -0.4 is 4.74 Å². The van der Waals surface area contributed by atoms with Crippen molar-refractivity contribution in [2.24, 2.45) is 0 Å². The van der Waals surface area contributed by atoms with E-state index >= 15 is 0 Å². The van der Waals surface area contributed by atoms with Crippen molar-refractivity contribution in [3.63, 3.8) is 0 Å². The van der Waals surface area contributed by atoms with E-state index in [4.69, 9.17) is 4.74 Å². The van der Waals surface area contributed by atoms with Crippen molar-refractivity contribution >= 4 is 5.78 Å². The van der Waals surface area contributed by atoms with Crippen LogP contribution >= 0.6 is 0 Å². The molecule has 2 rings (SSSR count). The van der Waals surface area contributed by atoms with Gasteiger partial charge in [-0.1, -0.05) is 0 Å². The van der Waals surface area contributed by atoms with Gasteiger partial charge < -0.3 is 4.74 Å². The summed E-state index contributed by atoms with van der Waals surface area (Å²) in [6.07, 6.45) is 6.28. The van der Waals surface area contributed by atoms with Crippen LogP contribution in [-0.2, 0) is 0 Å². The Balaban J connectivity index is 2.28. The maximum Gasteiger partial charge on any atom is 0.196 e. The normalized spacial score (nSPS) is 9.94. The number of pyridine rings is 2. The standard InChI is InChI=1S/C13H12N2O2/c1-2-17-12-6-11(8-15-9-12)13(16)10-4-3-5-14-7-10/h3-9H,2H2,1H3. The van der Waals surface area contributed by atoms with Crippen molar-refractivity contribution in [1.82, 2.24) is 9.97 Å². The SMILES string of the molecule is CCOc1cncc(C(=O)c2cccnc2)c1. The predicted octanol–water partition coefficient (Wildman–Crippen LogP) is 2.11. The van der Waals surface area contributed by atoms with Crippen LogP contribution in [0.15, 0.2) is 43.0 Å². The van der Waals surface area contributed by atoms with E-state index in [-0.39, 0.29) is 5.78 Å². The van der Waals surface area contributed by atoms with Crippen LogP contribution in [0.4, 0.5) is 0 Å². The van der Waals surface area contributed by atoms with Crippen molar-refractivity contribution in [1.29, 1.82) is 0 Å². The third kappa shape index (κ3) is 2.66. The minimum absolute atomic E-state index is 0.104. The van der Waals surface area contributed by atoms with Crippen LogP contribution in [0.5, 0.6) is 5.75 Å². The fourth-order valence-electron chi connectivity index (χ4n) is 1.45. The summed E-state index contributed by atoms with van der Waals surface area (Å²) in [7, 11) is 0. The van der Waals surface area contributed by atoms with Crippen LogP contribution in [0.25, 0.3) is 0 Å². The smallest absolute Gasteiger partial charge is 0.196 e. The second-order valence-corrected chi connectivity index (χ2v) is 3.41. The number of hydrogen-bond donors (Lipinski definition) is 0. The van der Waals surface area contributed by atoms with E-state index in [0.29, 0.717) is 23.5 Å². The molecule has 0 atom stereocenters. The summed E-state index contributed by atoms with van der Waals surface area (Å²) in [6, 6.07) is 5.14. The Bertz CT molecular complexity index is 512. The van der Waals surface area contributed by atoms with Crippen LogP contribution in [0, 0.1) is 0 Å². The Morgan fingerprint density at radius 3 is 2.76 bits per heavy atom. The predicted molar refractivity (Wildman–Crippen MR) is 63.1 cm³/mol. The summed E-state index contributed by atoms with van der Waals surface area (Å²) in [5.41, 5.74) is 1.05. The largest absolute Gasteiger partial charge is 0.492 e. The first kappa shape index (κ1) is 11.3. The summed E-state index contributed by atoms with van der Waals surface area (Å²) in [4.78, 5) is 20.0. The van der Waals surface area contributed by atoms with Gasteiger partial charge in [-0.05, 0) is 25.1 Å². The van der Waals surface area contributed by atoms with Crippen molar-refractivity contribution in [3.05, 3.63) is 54.1 Å². The maximum absolute atomic E-state index is 12.1. The molecule has 17 heavy (non-hydrogen) atoms. The molecular formula is C13H12N2O2. The molecule has 0 aliphatic carbocycles. The average Bonchev–Trinajstić information content (AvgIpc) is 2.40. The van der Waals surface area contributed by atoms with Gasteiger partial charge in [0.1, 0.15) is 5.75 Å². The topological polar surface area (TPSA) is 52.1 Å². The van der Waals surface area contributed by atoms with Gasteiger partial charge in [-0.3, -0.25) is 14.8 Å². The molecule has 4 nitrogen and oxygen atoms in total. The molecule has 0 saturated heterocycles. The molecule has 0 aliphatic heterocycles. The molecule has 0 aliphatic rings. The van der Waals surface area contributed by atoms with E-state index in [1.165, 1.54) is 12.4 Å². The van der Waals surface area contributed by atoms with Crippen molar-refractivity contribution < 1.29 is 9.53 Å². The molecule has 0 aromatic carbocycles. The Kier molecular flexibility index (Phi) is 3.45. The monoisotopic (exact) mass is 228 g/mol. The minimum atomic E-state index is -0.104. The number of ketones is 1. The highest BCUT2D eigenvalue weighted by Gasteiger charge is 2.10. The molecule has 0 saturated carbocycles. The van der Waals surface area contributed by atoms with Gasteiger partial charge in [0.2, 0.25) is 0 Å². The van der Waals surface area contributed by atoms with Gasteiger partial charge in [0, 0.05) is 29.7 Å². The van der Waals surface area contributed by atoms with Crippen LogP contribution in [0.2, 0.25) is 0 Å². The van der Waals surface area contributed by atoms with Crippen molar-refractivity contribution in [3.8, 4) is 5.75 Å². The van der Waals surface area contributed by atoms with E-state index in [1.54, 1.807) is 30.6 Å². The summed E-state index contributed by atoms with van der Waals surface area (Å²) >= 11 is 0. The molecule has 0 unspecified atom stereocenters. The maximum atomic E-state index is 12.1. The first-order chi connectivity index (χ1) is 8.31. The fourth-order valence-corrected chi connectivity index (χ4v) is 1.45. The van der Waals surface area contributed by atoms with Crippen molar-refractivity contribution in [2.45, 2.75) is 6.92 Å². The zero-order chi connectivity index (χ0) is 12.1. The van der Waals surface area contributed by atoms with Gasteiger partial charge in [0.15, 0.2) is 5.78 Å². The second kappa shape index (κ2) is 5.21. The molecule has 2 aromatic heterocycles. The van der Waals surface area contributed by atoms with Gasteiger partial charge in [0.05, 0.1) is 12.8 Å². The Morgan fingerprint density at radius 2 is 2.06 bits per heavy atom. The van der Waals surface area contributed by atoms with Gasteiger partial charge in [-0.2, -0.15) is 0 Å². The highest BCUT2D eigenvalue weighted by Crippen LogP contribution is 2.14. The number of rotatable bonds is 4. The molecule has 0 spiro atoms. The quantitative estimate of drug-likeness (QED) is 0.752. The lowest BCUT2D eigenvalue weighted by atomic mass is 10.1. The zero-order valence-electron chi connectivity index (χ0n) is 9.46. The number of hydrogen-bond acceptors (Lipinski definition) is 4. The minimum Gasteiger partial charge on any atom is -0.492 e. The lowest BCUT2D eigenvalue weighted by molar-refractivity contribution is 0.103. The number of carbonyl (C=O) groups is 1. The van der Waals surface area contributed by atoms with Gasteiger partial charge >= 0.3 is 0 Å². The molecule has 0 N–H and O–H groups in total. The summed E-state index contributed by atoms with van der Waals surface area (Å²) in [5, 5.41) is 0. The number of aromatic nitrogens is 2. The van der Waals surface area contributed by atoms with Crippen LogP contribution in [0.1, 0.15) is 22.8 Å². The molecule has 0 bridgehead atoms. The summed E-state index contributed by atoms with van der Waals surface area (Å²) in [5.74, 6) is 0.495. The van der Waals surface area contributed by atoms with E-state index in [9.17, 15) is 4.79 Å². The van der Waals surface area contributed by atoms with E-state index in [0.717, 1.165) is 0 Å². The third-order valence-electron chi connectivity index (χ3n) is 2.21.